The summed E-state index contributed by atoms with van der Waals surface area (Å²) in [6.45, 7) is 8.50. The van der Waals surface area contributed by atoms with E-state index in [0.29, 0.717) is 11.7 Å². The lowest BCUT2D eigenvalue weighted by Crippen LogP contribution is -2.16. The number of amides is 1. The Hall–Kier alpha value is -1.33. The van der Waals surface area contributed by atoms with Crippen molar-refractivity contribution in [1.29, 1.82) is 0 Å². The molecule has 2 rings (SSSR count). The zero-order chi connectivity index (χ0) is 17.5. The maximum absolute atomic E-state index is 12.3. The van der Waals surface area contributed by atoms with Gasteiger partial charge in [-0.1, -0.05) is 39.0 Å². The first-order valence-electron chi connectivity index (χ1n) is 8.41. The topological polar surface area (TPSA) is 42.0 Å². The lowest BCUT2D eigenvalue weighted by molar-refractivity contribution is -0.113. The summed E-state index contributed by atoms with van der Waals surface area (Å²) in [4.78, 5) is 16.9. The van der Waals surface area contributed by atoms with E-state index >= 15 is 0 Å². The highest BCUT2D eigenvalue weighted by Crippen LogP contribution is 2.27. The van der Waals surface area contributed by atoms with Gasteiger partial charge in [0.1, 0.15) is 0 Å². The molecule has 0 spiro atoms. The molecule has 0 aliphatic rings. The summed E-state index contributed by atoms with van der Waals surface area (Å²) in [7, 11) is 0. The van der Waals surface area contributed by atoms with Gasteiger partial charge in [0.2, 0.25) is 5.91 Å². The number of carbonyl (C=O) groups excluding carboxylic acids is 1. The Labute approximate surface area is 153 Å². The fourth-order valence-corrected chi connectivity index (χ4v) is 4.23. The maximum Gasteiger partial charge on any atom is 0.234 e. The van der Waals surface area contributed by atoms with Gasteiger partial charge in [0, 0.05) is 16.8 Å². The molecule has 0 saturated heterocycles. The number of nitrogens with one attached hydrogen (secondary N) is 1. The van der Waals surface area contributed by atoms with E-state index < -0.39 is 0 Å². The molecule has 0 aliphatic carbocycles. The van der Waals surface area contributed by atoms with Crippen LogP contribution in [0.4, 0.5) is 5.69 Å². The van der Waals surface area contributed by atoms with Gasteiger partial charge in [-0.3, -0.25) is 4.79 Å². The Morgan fingerprint density at radius 2 is 2.17 bits per heavy atom. The molecule has 24 heavy (non-hydrogen) atoms. The molecule has 0 radical (unpaired) electrons. The standard InChI is InChI=1S/C19H26N2OS2/c1-5-7-18-20-15(11-24-18)10-23-12-17(22)21-19-14(4)8-6-9-16(19)13(2)3/h6,8-9,11,13H,5,7,10,12H2,1-4H3,(H,21,22). The van der Waals surface area contributed by atoms with Gasteiger partial charge in [-0.2, -0.15) is 0 Å². The average molecular weight is 363 g/mol. The van der Waals surface area contributed by atoms with Gasteiger partial charge in [0.05, 0.1) is 16.5 Å². The number of thiazole rings is 1. The third-order valence-corrected chi connectivity index (χ3v) is 5.66. The van der Waals surface area contributed by atoms with Crippen LogP contribution in [0.1, 0.15) is 54.9 Å². The molecule has 0 aliphatic heterocycles. The van der Waals surface area contributed by atoms with E-state index in [-0.39, 0.29) is 5.91 Å². The van der Waals surface area contributed by atoms with Crippen LogP contribution in [0.5, 0.6) is 0 Å². The van der Waals surface area contributed by atoms with Crippen molar-refractivity contribution >= 4 is 34.7 Å². The van der Waals surface area contributed by atoms with Gasteiger partial charge >= 0.3 is 0 Å². The molecule has 0 saturated carbocycles. The number of para-hydroxylation sites is 1. The Bertz CT molecular complexity index is 680. The second kappa shape index (κ2) is 9.23. The Morgan fingerprint density at radius 3 is 2.88 bits per heavy atom. The summed E-state index contributed by atoms with van der Waals surface area (Å²) in [5.74, 6) is 1.69. The van der Waals surface area contributed by atoms with Crippen LogP contribution in [0.15, 0.2) is 23.6 Å². The summed E-state index contributed by atoms with van der Waals surface area (Å²) in [5, 5.41) is 6.39. The number of rotatable bonds is 8. The SMILES string of the molecule is CCCc1nc(CSCC(=O)Nc2c(C)cccc2C(C)C)cs1. The van der Waals surface area contributed by atoms with Crippen molar-refractivity contribution in [1.82, 2.24) is 4.98 Å². The first kappa shape index (κ1) is 19.0. The fourth-order valence-electron chi connectivity index (χ4n) is 2.51. The highest BCUT2D eigenvalue weighted by molar-refractivity contribution is 7.99. The minimum absolute atomic E-state index is 0.0558. The molecule has 2 aromatic rings. The third-order valence-electron chi connectivity index (χ3n) is 3.74. The summed E-state index contributed by atoms with van der Waals surface area (Å²) < 4.78 is 0. The molecule has 3 nitrogen and oxygen atoms in total. The number of hydrogen-bond donors (Lipinski definition) is 1. The van der Waals surface area contributed by atoms with E-state index in [9.17, 15) is 4.79 Å². The van der Waals surface area contributed by atoms with E-state index in [4.69, 9.17) is 0 Å². The number of nitrogens with zero attached hydrogens (tertiary/aromatic N) is 1. The molecule has 1 aromatic carbocycles. The normalized spacial score (nSPS) is 11.0. The van der Waals surface area contributed by atoms with E-state index in [2.05, 4.69) is 42.5 Å². The maximum atomic E-state index is 12.3. The number of hydrogen-bond acceptors (Lipinski definition) is 4. The average Bonchev–Trinajstić information content (AvgIpc) is 2.97. The molecule has 0 atom stereocenters. The van der Waals surface area contributed by atoms with Gasteiger partial charge in [-0.25, -0.2) is 4.98 Å². The number of aromatic nitrogens is 1. The van der Waals surface area contributed by atoms with Crippen molar-refractivity contribution in [3.8, 4) is 0 Å². The Balaban J connectivity index is 1.87. The lowest BCUT2D eigenvalue weighted by Gasteiger charge is -2.16. The molecule has 1 heterocycles. The van der Waals surface area contributed by atoms with Crippen molar-refractivity contribution in [2.24, 2.45) is 0 Å². The second-order valence-corrected chi connectivity index (χ2v) is 8.15. The van der Waals surface area contributed by atoms with Crippen LogP contribution < -0.4 is 5.32 Å². The molecule has 0 bridgehead atoms. The first-order valence-corrected chi connectivity index (χ1v) is 10.4. The van der Waals surface area contributed by atoms with Crippen molar-refractivity contribution in [3.63, 3.8) is 0 Å². The lowest BCUT2D eigenvalue weighted by atomic mass is 9.98. The van der Waals surface area contributed by atoms with Gasteiger partial charge in [0.15, 0.2) is 0 Å². The zero-order valence-electron chi connectivity index (χ0n) is 14.9. The molecule has 1 amide bonds. The van der Waals surface area contributed by atoms with Gasteiger partial charge in [-0.15, -0.1) is 23.1 Å². The zero-order valence-corrected chi connectivity index (χ0v) is 16.5. The molecule has 130 valence electrons. The predicted octanol–water partition coefficient (Wildman–Crippen LogP) is 5.40. The van der Waals surface area contributed by atoms with Crippen molar-refractivity contribution in [2.45, 2.75) is 52.2 Å². The smallest absolute Gasteiger partial charge is 0.234 e. The van der Waals surface area contributed by atoms with E-state index in [1.807, 2.05) is 19.1 Å². The molecule has 0 unspecified atom stereocenters. The summed E-state index contributed by atoms with van der Waals surface area (Å²) in [6.07, 6.45) is 2.16. The first-order chi connectivity index (χ1) is 11.5. The number of anilines is 1. The molecule has 5 heteroatoms. The fraction of sp³-hybridized carbons (Fsp3) is 0.474. The second-order valence-electron chi connectivity index (χ2n) is 6.22. The van der Waals surface area contributed by atoms with Crippen molar-refractivity contribution in [3.05, 3.63) is 45.4 Å². The summed E-state index contributed by atoms with van der Waals surface area (Å²) in [5.41, 5.74) is 4.36. The van der Waals surface area contributed by atoms with Crippen LogP contribution in [0.2, 0.25) is 0 Å². The van der Waals surface area contributed by atoms with E-state index in [1.165, 1.54) is 10.6 Å². The highest BCUT2D eigenvalue weighted by atomic mass is 32.2. The van der Waals surface area contributed by atoms with Crippen LogP contribution in [0, 0.1) is 6.92 Å². The quantitative estimate of drug-likeness (QED) is 0.683. The number of carbonyl (C=O) groups is 1. The van der Waals surface area contributed by atoms with Crippen LogP contribution >= 0.6 is 23.1 Å². The minimum Gasteiger partial charge on any atom is -0.325 e. The number of thioether (sulfide) groups is 1. The van der Waals surface area contributed by atoms with Gasteiger partial charge in [0.25, 0.3) is 0 Å². The van der Waals surface area contributed by atoms with E-state index in [1.54, 1.807) is 23.1 Å². The van der Waals surface area contributed by atoms with Gasteiger partial charge in [-0.05, 0) is 36.8 Å². The molecule has 1 aromatic heterocycles. The summed E-state index contributed by atoms with van der Waals surface area (Å²) >= 11 is 3.34. The largest absolute Gasteiger partial charge is 0.325 e. The third kappa shape index (κ3) is 5.35. The van der Waals surface area contributed by atoms with Gasteiger partial charge < -0.3 is 5.32 Å². The number of aryl methyl sites for hydroxylation is 2. The van der Waals surface area contributed by atoms with E-state index in [0.717, 1.165) is 35.5 Å². The van der Waals surface area contributed by atoms with Crippen LogP contribution in [0.25, 0.3) is 0 Å². The van der Waals surface area contributed by atoms with Crippen LogP contribution in [-0.4, -0.2) is 16.6 Å². The van der Waals surface area contributed by atoms with Crippen molar-refractivity contribution in [2.75, 3.05) is 11.1 Å². The minimum atomic E-state index is 0.0558. The number of benzene rings is 1. The molecule has 0 fully saturated rings. The van der Waals surface area contributed by atoms with Crippen molar-refractivity contribution < 1.29 is 4.79 Å². The molecular weight excluding hydrogens is 336 g/mol. The predicted molar refractivity (Wildman–Crippen MR) is 106 cm³/mol. The Morgan fingerprint density at radius 1 is 1.38 bits per heavy atom. The molecular formula is C19H26N2OS2. The molecule has 1 N–H and O–H groups in total. The van der Waals surface area contributed by atoms with Crippen LogP contribution in [0.3, 0.4) is 0 Å². The monoisotopic (exact) mass is 362 g/mol. The summed E-state index contributed by atoms with van der Waals surface area (Å²) in [6, 6.07) is 6.18. The Kier molecular flexibility index (Phi) is 7.31. The van der Waals surface area contributed by atoms with Crippen LogP contribution in [-0.2, 0) is 17.0 Å². The highest BCUT2D eigenvalue weighted by Gasteiger charge is 2.12.